The van der Waals surface area contributed by atoms with Gasteiger partial charge in [0.1, 0.15) is 12.6 Å². The molecule has 2 unspecified atom stereocenters. The molecular formula is C33H37N3O5. The number of hydrogen-bond donors (Lipinski definition) is 3. The first-order valence-electron chi connectivity index (χ1n) is 14.1. The number of ether oxygens (including phenoxy) is 1. The molecule has 0 bridgehead atoms. The van der Waals surface area contributed by atoms with E-state index in [0.29, 0.717) is 6.54 Å². The number of fused-ring (bicyclic) bond motifs is 3. The van der Waals surface area contributed by atoms with E-state index in [9.17, 15) is 19.5 Å². The van der Waals surface area contributed by atoms with E-state index in [1.807, 2.05) is 73.5 Å². The van der Waals surface area contributed by atoms with E-state index in [-0.39, 0.29) is 31.4 Å². The highest BCUT2D eigenvalue weighted by molar-refractivity contribution is 5.85. The van der Waals surface area contributed by atoms with Gasteiger partial charge >= 0.3 is 12.1 Å². The maximum atomic E-state index is 13.1. The molecule has 214 valence electrons. The minimum absolute atomic E-state index is 0.0337. The van der Waals surface area contributed by atoms with Crippen molar-refractivity contribution < 1.29 is 24.2 Å². The molecular weight excluding hydrogens is 518 g/mol. The molecule has 2 atom stereocenters. The lowest BCUT2D eigenvalue weighted by Gasteiger charge is -2.31. The maximum absolute atomic E-state index is 13.1. The van der Waals surface area contributed by atoms with Crippen LogP contribution >= 0.6 is 0 Å². The summed E-state index contributed by atoms with van der Waals surface area (Å²) in [7, 11) is 1.82. The quantitative estimate of drug-likeness (QED) is 0.297. The molecule has 3 aromatic rings. The summed E-state index contributed by atoms with van der Waals surface area (Å²) in [6.45, 7) is 2.73. The lowest BCUT2D eigenvalue weighted by atomic mass is 9.91. The van der Waals surface area contributed by atoms with Gasteiger partial charge in [0.15, 0.2) is 0 Å². The van der Waals surface area contributed by atoms with Gasteiger partial charge in [0, 0.05) is 25.4 Å². The van der Waals surface area contributed by atoms with E-state index in [1.165, 1.54) is 0 Å². The number of alkyl carbamates (subject to hydrolysis) is 1. The first kappa shape index (κ1) is 28.4. The number of carboxylic acids is 1. The third kappa shape index (κ3) is 6.77. The van der Waals surface area contributed by atoms with Crippen molar-refractivity contribution in [1.29, 1.82) is 0 Å². The molecule has 0 spiro atoms. The van der Waals surface area contributed by atoms with E-state index in [1.54, 1.807) is 0 Å². The van der Waals surface area contributed by atoms with E-state index in [2.05, 4.69) is 34.9 Å². The summed E-state index contributed by atoms with van der Waals surface area (Å²) in [6.07, 6.45) is 1.16. The zero-order valence-electron chi connectivity index (χ0n) is 23.5. The number of rotatable bonds is 12. The number of carbonyl (C=O) groups excluding carboxylic acids is 2. The molecule has 2 amide bonds. The van der Waals surface area contributed by atoms with E-state index in [0.717, 1.165) is 40.7 Å². The SMILES string of the molecule is CN(Cc1ccccc1)CC(NC(=O)CC(C)(NC(=O)OCC1c2ccccc2-c2ccccc21)C1CC1)C(=O)O. The van der Waals surface area contributed by atoms with Crippen molar-refractivity contribution in [2.45, 2.75) is 50.2 Å². The number of hydrogen-bond acceptors (Lipinski definition) is 5. The van der Waals surface area contributed by atoms with Gasteiger partial charge in [0.2, 0.25) is 5.91 Å². The normalized spacial score (nSPS) is 16.3. The molecule has 1 fully saturated rings. The van der Waals surface area contributed by atoms with Gasteiger partial charge in [-0.25, -0.2) is 9.59 Å². The molecule has 0 aromatic heterocycles. The average Bonchev–Trinajstić information content (AvgIpc) is 3.76. The van der Waals surface area contributed by atoms with Crippen molar-refractivity contribution in [2.75, 3.05) is 20.2 Å². The third-order valence-corrected chi connectivity index (χ3v) is 8.16. The fraction of sp³-hybridized carbons (Fsp3) is 0.364. The zero-order chi connectivity index (χ0) is 29.0. The molecule has 0 heterocycles. The number of likely N-dealkylation sites (N-methyl/N-ethyl adjacent to an activating group) is 1. The van der Waals surface area contributed by atoms with Gasteiger partial charge in [-0.3, -0.25) is 9.69 Å². The number of carbonyl (C=O) groups is 3. The lowest BCUT2D eigenvalue weighted by molar-refractivity contribution is -0.142. The number of nitrogens with one attached hydrogen (secondary N) is 2. The minimum atomic E-state index is -1.10. The molecule has 8 nitrogen and oxygen atoms in total. The second-order valence-electron chi connectivity index (χ2n) is 11.5. The van der Waals surface area contributed by atoms with Crippen LogP contribution < -0.4 is 10.6 Å². The summed E-state index contributed by atoms with van der Waals surface area (Å²) in [5.74, 6) is -1.46. The van der Waals surface area contributed by atoms with E-state index >= 15 is 0 Å². The van der Waals surface area contributed by atoms with Crippen LogP contribution in [0.15, 0.2) is 78.9 Å². The van der Waals surface area contributed by atoms with Crippen molar-refractivity contribution in [1.82, 2.24) is 15.5 Å². The smallest absolute Gasteiger partial charge is 0.407 e. The Morgan fingerprint density at radius 3 is 2.12 bits per heavy atom. The molecule has 0 aliphatic heterocycles. The average molecular weight is 556 g/mol. The third-order valence-electron chi connectivity index (χ3n) is 8.16. The van der Waals surface area contributed by atoms with Crippen LogP contribution in [0, 0.1) is 5.92 Å². The van der Waals surface area contributed by atoms with Crippen molar-refractivity contribution in [3.05, 3.63) is 95.6 Å². The van der Waals surface area contributed by atoms with Gasteiger partial charge in [-0.15, -0.1) is 0 Å². The Bertz CT molecular complexity index is 1360. The molecule has 2 aliphatic rings. The Hall–Kier alpha value is -4.17. The summed E-state index contributed by atoms with van der Waals surface area (Å²) in [5, 5.41) is 15.4. The molecule has 5 rings (SSSR count). The van der Waals surface area contributed by atoms with Gasteiger partial charge in [0.25, 0.3) is 0 Å². The Morgan fingerprint density at radius 1 is 0.951 bits per heavy atom. The summed E-state index contributed by atoms with van der Waals surface area (Å²) in [4.78, 5) is 40.0. The van der Waals surface area contributed by atoms with Gasteiger partial charge in [-0.2, -0.15) is 0 Å². The highest BCUT2D eigenvalue weighted by atomic mass is 16.5. The fourth-order valence-electron chi connectivity index (χ4n) is 5.91. The summed E-state index contributed by atoms with van der Waals surface area (Å²) in [6, 6.07) is 25.0. The highest BCUT2D eigenvalue weighted by Gasteiger charge is 2.45. The van der Waals surface area contributed by atoms with Gasteiger partial charge in [-0.1, -0.05) is 78.9 Å². The number of carboxylic acid groups (broad SMARTS) is 1. The topological polar surface area (TPSA) is 108 Å². The summed E-state index contributed by atoms with van der Waals surface area (Å²) in [5.41, 5.74) is 4.77. The first-order valence-corrected chi connectivity index (χ1v) is 14.1. The van der Waals surface area contributed by atoms with Crippen LogP contribution in [0.3, 0.4) is 0 Å². The Balaban J connectivity index is 1.18. The van der Waals surface area contributed by atoms with Crippen LogP contribution in [-0.4, -0.2) is 59.8 Å². The summed E-state index contributed by atoms with van der Waals surface area (Å²) >= 11 is 0. The van der Waals surface area contributed by atoms with E-state index in [4.69, 9.17) is 4.74 Å². The Kier molecular flexibility index (Phi) is 8.40. The second kappa shape index (κ2) is 12.1. The van der Waals surface area contributed by atoms with Crippen LogP contribution in [0.4, 0.5) is 4.79 Å². The van der Waals surface area contributed by atoms with Crippen molar-refractivity contribution in [2.24, 2.45) is 5.92 Å². The fourth-order valence-corrected chi connectivity index (χ4v) is 5.91. The molecule has 3 aromatic carbocycles. The summed E-state index contributed by atoms with van der Waals surface area (Å²) < 4.78 is 5.74. The zero-order valence-corrected chi connectivity index (χ0v) is 23.5. The van der Waals surface area contributed by atoms with Crippen molar-refractivity contribution in [3.8, 4) is 11.1 Å². The van der Waals surface area contributed by atoms with Crippen LogP contribution in [-0.2, 0) is 20.9 Å². The molecule has 8 heteroatoms. The van der Waals surface area contributed by atoms with Crippen LogP contribution in [0.2, 0.25) is 0 Å². The van der Waals surface area contributed by atoms with E-state index < -0.39 is 29.6 Å². The predicted octanol–water partition coefficient (Wildman–Crippen LogP) is 4.79. The molecule has 2 aliphatic carbocycles. The molecule has 3 N–H and O–H groups in total. The largest absolute Gasteiger partial charge is 0.480 e. The predicted molar refractivity (Wildman–Crippen MR) is 156 cm³/mol. The second-order valence-corrected chi connectivity index (χ2v) is 11.5. The Morgan fingerprint density at radius 2 is 1.54 bits per heavy atom. The number of nitrogens with zero attached hydrogens (tertiary/aromatic N) is 1. The lowest BCUT2D eigenvalue weighted by Crippen LogP contribution is -2.54. The Labute approximate surface area is 240 Å². The van der Waals surface area contributed by atoms with Crippen LogP contribution in [0.5, 0.6) is 0 Å². The number of amides is 2. The molecule has 0 saturated heterocycles. The van der Waals surface area contributed by atoms with Crippen LogP contribution in [0.25, 0.3) is 11.1 Å². The van der Waals surface area contributed by atoms with Gasteiger partial charge in [-0.05, 0) is 60.5 Å². The standard InChI is InChI=1S/C33H37N3O5/c1-33(23-16-17-23,18-30(37)34-29(31(38)39)20-36(2)19-22-10-4-3-5-11-22)35-32(40)41-21-28-26-14-8-6-12-24(26)25-13-7-9-15-27(25)28/h3-15,23,28-29H,16-21H2,1-2H3,(H,34,37)(H,35,40)(H,38,39). The minimum Gasteiger partial charge on any atom is -0.480 e. The number of aliphatic carboxylic acids is 1. The monoisotopic (exact) mass is 555 g/mol. The maximum Gasteiger partial charge on any atom is 0.407 e. The first-order chi connectivity index (χ1) is 19.7. The van der Waals surface area contributed by atoms with Crippen LogP contribution in [0.1, 0.15) is 48.8 Å². The van der Waals surface area contributed by atoms with Gasteiger partial charge in [0.05, 0.1) is 5.54 Å². The molecule has 41 heavy (non-hydrogen) atoms. The highest BCUT2D eigenvalue weighted by Crippen LogP contribution is 2.45. The van der Waals surface area contributed by atoms with Crippen molar-refractivity contribution in [3.63, 3.8) is 0 Å². The van der Waals surface area contributed by atoms with Gasteiger partial charge < -0.3 is 20.5 Å². The van der Waals surface area contributed by atoms with Crippen molar-refractivity contribution >= 4 is 18.0 Å². The molecule has 0 radical (unpaired) electrons. The number of benzene rings is 3. The molecule has 1 saturated carbocycles.